The van der Waals surface area contributed by atoms with Crippen molar-refractivity contribution in [3.8, 4) is 21.4 Å². The van der Waals surface area contributed by atoms with Crippen LogP contribution in [0.5, 0.6) is 10.9 Å². The second-order valence-corrected chi connectivity index (χ2v) is 8.82. The van der Waals surface area contributed by atoms with Gasteiger partial charge < -0.3 is 19.1 Å². The number of benzene rings is 2. The maximum atomic E-state index is 12.8. The van der Waals surface area contributed by atoms with Gasteiger partial charge in [0.15, 0.2) is 0 Å². The Morgan fingerprint density at radius 1 is 1.16 bits per heavy atom. The molecule has 7 heteroatoms. The summed E-state index contributed by atoms with van der Waals surface area (Å²) in [6, 6.07) is 15.6. The van der Waals surface area contributed by atoms with Gasteiger partial charge >= 0.3 is 0 Å². The number of fused-ring (bicyclic) bond motifs is 1. The second-order valence-electron chi connectivity index (χ2n) is 7.83. The van der Waals surface area contributed by atoms with Crippen LogP contribution in [0.25, 0.3) is 10.4 Å². The van der Waals surface area contributed by atoms with Crippen LogP contribution < -0.4 is 9.47 Å². The molecule has 0 saturated carbocycles. The van der Waals surface area contributed by atoms with Crippen LogP contribution in [0.2, 0.25) is 0 Å². The Labute approximate surface area is 185 Å². The first-order chi connectivity index (χ1) is 15.2. The Bertz CT molecular complexity index is 1080. The van der Waals surface area contributed by atoms with Crippen LogP contribution in [0.15, 0.2) is 54.7 Å². The van der Waals surface area contributed by atoms with E-state index < -0.39 is 5.79 Å². The zero-order valence-electron chi connectivity index (χ0n) is 17.4. The highest BCUT2D eigenvalue weighted by Gasteiger charge is 2.40. The standard InChI is InChI=1S/C24H24N2O4S/c1-28-23-25-15-21(31-23)18-8-9-20-19(14-18)16-29-24(30-20)10-5-12-26(13-11-24)22(27)17-6-3-2-4-7-17/h2-4,6-9,14-15H,5,10-13,16H2,1H3. The minimum absolute atomic E-state index is 0.0680. The molecule has 6 nitrogen and oxygen atoms in total. The number of hydrogen-bond acceptors (Lipinski definition) is 6. The molecule has 0 bridgehead atoms. The summed E-state index contributed by atoms with van der Waals surface area (Å²) in [4.78, 5) is 20.1. The van der Waals surface area contributed by atoms with Gasteiger partial charge in [0.2, 0.25) is 5.79 Å². The predicted octanol–water partition coefficient (Wildman–Crippen LogP) is 4.75. The lowest BCUT2D eigenvalue weighted by Crippen LogP contribution is -2.43. The van der Waals surface area contributed by atoms with Gasteiger partial charge in [0, 0.05) is 43.3 Å². The van der Waals surface area contributed by atoms with Crippen LogP contribution in [0.3, 0.4) is 0 Å². The second kappa shape index (κ2) is 8.32. The highest BCUT2D eigenvalue weighted by Crippen LogP contribution is 2.40. The summed E-state index contributed by atoms with van der Waals surface area (Å²) in [5, 5.41) is 0.646. The number of likely N-dealkylation sites (tertiary alicyclic amines) is 1. The van der Waals surface area contributed by atoms with Gasteiger partial charge in [-0.05, 0) is 42.3 Å². The van der Waals surface area contributed by atoms with Gasteiger partial charge in [-0.15, -0.1) is 0 Å². The number of carbonyl (C=O) groups is 1. The average Bonchev–Trinajstić information content (AvgIpc) is 3.21. The number of methoxy groups -OCH3 is 1. The van der Waals surface area contributed by atoms with Gasteiger partial charge in [0.05, 0.1) is 18.6 Å². The Balaban J connectivity index is 1.30. The minimum atomic E-state index is -0.673. The first-order valence-electron chi connectivity index (χ1n) is 10.5. The zero-order valence-corrected chi connectivity index (χ0v) is 18.2. The molecule has 1 unspecified atom stereocenters. The van der Waals surface area contributed by atoms with E-state index in [9.17, 15) is 4.79 Å². The molecule has 1 atom stereocenters. The van der Waals surface area contributed by atoms with E-state index in [0.717, 1.165) is 40.2 Å². The Morgan fingerprint density at radius 2 is 2.03 bits per heavy atom. The van der Waals surface area contributed by atoms with Gasteiger partial charge in [-0.2, -0.15) is 0 Å². The van der Waals surface area contributed by atoms with Gasteiger partial charge in [0.1, 0.15) is 5.75 Å². The van der Waals surface area contributed by atoms with E-state index in [1.54, 1.807) is 7.11 Å². The highest BCUT2D eigenvalue weighted by molar-refractivity contribution is 7.16. The molecule has 1 fully saturated rings. The van der Waals surface area contributed by atoms with Gasteiger partial charge in [-0.25, -0.2) is 4.98 Å². The lowest BCUT2D eigenvalue weighted by Gasteiger charge is -2.38. The number of hydrogen-bond donors (Lipinski definition) is 0. The van der Waals surface area contributed by atoms with Crippen molar-refractivity contribution in [2.24, 2.45) is 0 Å². The van der Waals surface area contributed by atoms with Crippen LogP contribution in [-0.2, 0) is 11.3 Å². The van der Waals surface area contributed by atoms with E-state index >= 15 is 0 Å². The number of rotatable bonds is 3. The molecule has 1 aromatic heterocycles. The summed E-state index contributed by atoms with van der Waals surface area (Å²) in [6.45, 7) is 1.81. The topological polar surface area (TPSA) is 60.9 Å². The van der Waals surface area contributed by atoms with Crippen molar-refractivity contribution < 1.29 is 19.0 Å². The highest BCUT2D eigenvalue weighted by atomic mass is 32.1. The van der Waals surface area contributed by atoms with Gasteiger partial charge in [0.25, 0.3) is 11.1 Å². The first-order valence-corrected chi connectivity index (χ1v) is 11.3. The van der Waals surface area contributed by atoms with Crippen molar-refractivity contribution in [3.05, 3.63) is 65.9 Å². The minimum Gasteiger partial charge on any atom is -0.473 e. The Hall–Kier alpha value is -2.90. The van der Waals surface area contributed by atoms with Gasteiger partial charge in [-0.3, -0.25) is 4.79 Å². The smallest absolute Gasteiger partial charge is 0.273 e. The Kier molecular flexibility index (Phi) is 5.38. The summed E-state index contributed by atoms with van der Waals surface area (Å²) in [6.07, 6.45) is 4.07. The fourth-order valence-electron chi connectivity index (χ4n) is 4.16. The molecule has 1 spiro atoms. The largest absolute Gasteiger partial charge is 0.473 e. The molecule has 3 heterocycles. The van der Waals surface area contributed by atoms with Crippen molar-refractivity contribution in [2.75, 3.05) is 20.2 Å². The SMILES string of the molecule is COc1ncc(-c2ccc3c(c2)COC2(CCCN(C(=O)c4ccccc4)CC2)O3)s1. The lowest BCUT2D eigenvalue weighted by molar-refractivity contribution is -0.211. The number of carbonyl (C=O) groups excluding carboxylic acids is 1. The molecule has 0 radical (unpaired) electrons. The summed E-state index contributed by atoms with van der Waals surface area (Å²) in [5.74, 6) is 0.251. The zero-order chi connectivity index (χ0) is 21.3. The predicted molar refractivity (Wildman–Crippen MR) is 118 cm³/mol. The number of thiazole rings is 1. The van der Waals surface area contributed by atoms with E-state index in [1.807, 2.05) is 53.6 Å². The maximum Gasteiger partial charge on any atom is 0.273 e. The third-order valence-electron chi connectivity index (χ3n) is 5.85. The molecule has 1 amide bonds. The van der Waals surface area contributed by atoms with E-state index in [-0.39, 0.29) is 5.91 Å². The number of nitrogens with zero attached hydrogens (tertiary/aromatic N) is 2. The van der Waals surface area contributed by atoms with Crippen molar-refractivity contribution in [3.63, 3.8) is 0 Å². The molecule has 0 aliphatic carbocycles. The first kappa shape index (κ1) is 20.0. The van der Waals surface area contributed by atoms with Crippen LogP contribution in [0, 0.1) is 0 Å². The van der Waals surface area contributed by atoms with Crippen LogP contribution >= 0.6 is 11.3 Å². The average molecular weight is 437 g/mol. The number of aromatic nitrogens is 1. The van der Waals surface area contributed by atoms with E-state index in [0.29, 0.717) is 31.3 Å². The molecule has 2 aliphatic rings. The fourth-order valence-corrected chi connectivity index (χ4v) is 4.89. The van der Waals surface area contributed by atoms with E-state index in [2.05, 4.69) is 11.1 Å². The third-order valence-corrected chi connectivity index (χ3v) is 6.85. The quantitative estimate of drug-likeness (QED) is 0.593. The molecular weight excluding hydrogens is 412 g/mol. The summed E-state index contributed by atoms with van der Waals surface area (Å²) in [5.41, 5.74) is 2.82. The summed E-state index contributed by atoms with van der Waals surface area (Å²) >= 11 is 1.51. The number of ether oxygens (including phenoxy) is 3. The van der Waals surface area contributed by atoms with Crippen LogP contribution in [0.4, 0.5) is 0 Å². The molecule has 2 aliphatic heterocycles. The van der Waals surface area contributed by atoms with Crippen LogP contribution in [0.1, 0.15) is 35.2 Å². The summed E-state index contributed by atoms with van der Waals surface area (Å²) < 4.78 is 17.9. The third kappa shape index (κ3) is 4.03. The molecule has 0 N–H and O–H groups in total. The fraction of sp³-hybridized carbons (Fsp3) is 0.333. The van der Waals surface area contributed by atoms with E-state index in [4.69, 9.17) is 14.2 Å². The maximum absolute atomic E-state index is 12.8. The normalized spacial score (nSPS) is 20.6. The molecule has 3 aromatic rings. The van der Waals surface area contributed by atoms with Gasteiger partial charge in [-0.1, -0.05) is 29.5 Å². The molecular formula is C24H24N2O4S. The van der Waals surface area contributed by atoms with Crippen molar-refractivity contribution >= 4 is 17.2 Å². The van der Waals surface area contributed by atoms with Crippen molar-refractivity contribution in [1.29, 1.82) is 0 Å². The van der Waals surface area contributed by atoms with Crippen molar-refractivity contribution in [2.45, 2.75) is 31.7 Å². The Morgan fingerprint density at radius 3 is 2.84 bits per heavy atom. The van der Waals surface area contributed by atoms with E-state index in [1.165, 1.54) is 11.3 Å². The summed E-state index contributed by atoms with van der Waals surface area (Å²) in [7, 11) is 1.62. The molecule has 1 saturated heterocycles. The van der Waals surface area contributed by atoms with Crippen LogP contribution in [-0.4, -0.2) is 41.8 Å². The monoisotopic (exact) mass is 436 g/mol. The molecule has 160 valence electrons. The molecule has 5 rings (SSSR count). The number of amides is 1. The molecule has 2 aromatic carbocycles. The lowest BCUT2D eigenvalue weighted by atomic mass is 10.0. The van der Waals surface area contributed by atoms with Crippen molar-refractivity contribution in [1.82, 2.24) is 9.88 Å². The molecule has 31 heavy (non-hydrogen) atoms.